The summed E-state index contributed by atoms with van der Waals surface area (Å²) >= 11 is 0. The summed E-state index contributed by atoms with van der Waals surface area (Å²) in [7, 11) is 3.13. The Morgan fingerprint density at radius 3 is 2.38 bits per heavy atom. The summed E-state index contributed by atoms with van der Waals surface area (Å²) in [6.45, 7) is 7.87. The van der Waals surface area contributed by atoms with E-state index < -0.39 is 5.60 Å². The zero-order chi connectivity index (χ0) is 29.2. The number of hydrogen-bond donors (Lipinski definition) is 1. The molecule has 1 aliphatic rings. The maximum Gasteiger partial charge on any atom is 0.254 e. The number of nitrogens with zero attached hydrogens (tertiary/aromatic N) is 3. The summed E-state index contributed by atoms with van der Waals surface area (Å²) in [5.74, 6) is 0.590. The number of aliphatic hydroxyl groups is 1. The normalized spacial score (nSPS) is 14.3. The topological polar surface area (TPSA) is 103 Å². The maximum absolute atomic E-state index is 14.0. The lowest BCUT2D eigenvalue weighted by molar-refractivity contribution is -0.136. The first-order valence-electron chi connectivity index (χ1n) is 13.2. The maximum atomic E-state index is 14.0. The van der Waals surface area contributed by atoms with Gasteiger partial charge in [-0.1, -0.05) is 0 Å². The van der Waals surface area contributed by atoms with Crippen LogP contribution < -0.4 is 15.0 Å². The molecule has 1 saturated heterocycles. The number of methoxy groups -OCH3 is 1. The molecule has 10 heteroatoms. The van der Waals surface area contributed by atoms with Crippen LogP contribution in [0.15, 0.2) is 41.5 Å². The number of aryl methyl sites for hydroxylation is 3. The first-order chi connectivity index (χ1) is 18.9. The molecule has 3 aromatic rings. The van der Waals surface area contributed by atoms with Gasteiger partial charge in [-0.05, 0) is 57.0 Å². The number of pyridine rings is 2. The molecule has 3 heterocycles. The van der Waals surface area contributed by atoms with Crippen LogP contribution in [-0.4, -0.2) is 58.4 Å². The first kappa shape index (κ1) is 29.2. The van der Waals surface area contributed by atoms with Gasteiger partial charge in [0.25, 0.3) is 5.56 Å². The molecule has 1 aromatic carbocycles. The SMILES string of the molecule is COCC(=O)N1CCC(Oc2cc(=O)n(C)cc2-c2cc(C(C)(C)O)cnc2Oc2c(C)cc(F)cc2C)CC1. The molecule has 0 unspecified atom stereocenters. The van der Waals surface area contributed by atoms with E-state index in [9.17, 15) is 19.1 Å². The van der Waals surface area contributed by atoms with E-state index in [0.29, 0.717) is 65.2 Å². The van der Waals surface area contributed by atoms with Crippen LogP contribution >= 0.6 is 0 Å². The van der Waals surface area contributed by atoms with Gasteiger partial charge >= 0.3 is 0 Å². The first-order valence-corrected chi connectivity index (χ1v) is 13.2. The van der Waals surface area contributed by atoms with Crippen LogP contribution in [0, 0.1) is 19.7 Å². The van der Waals surface area contributed by atoms with Crippen molar-refractivity contribution >= 4 is 5.91 Å². The van der Waals surface area contributed by atoms with Crippen LogP contribution in [0.3, 0.4) is 0 Å². The van der Waals surface area contributed by atoms with Gasteiger partial charge in [-0.15, -0.1) is 0 Å². The monoisotopic (exact) mass is 553 g/mol. The van der Waals surface area contributed by atoms with Crippen molar-refractivity contribution in [1.82, 2.24) is 14.5 Å². The molecule has 0 spiro atoms. The number of aromatic nitrogens is 2. The molecule has 4 rings (SSSR count). The highest BCUT2D eigenvalue weighted by molar-refractivity contribution is 5.77. The fourth-order valence-corrected chi connectivity index (χ4v) is 4.75. The highest BCUT2D eigenvalue weighted by Gasteiger charge is 2.27. The fourth-order valence-electron chi connectivity index (χ4n) is 4.75. The number of amides is 1. The molecule has 1 aliphatic heterocycles. The lowest BCUT2D eigenvalue weighted by Crippen LogP contribution is -2.43. The highest BCUT2D eigenvalue weighted by atomic mass is 19.1. The zero-order valence-electron chi connectivity index (χ0n) is 23.8. The summed E-state index contributed by atoms with van der Waals surface area (Å²) in [6, 6.07) is 5.96. The van der Waals surface area contributed by atoms with Gasteiger partial charge < -0.3 is 28.8 Å². The van der Waals surface area contributed by atoms with Gasteiger partial charge in [0, 0.05) is 75.2 Å². The zero-order valence-corrected chi connectivity index (χ0v) is 23.8. The van der Waals surface area contributed by atoms with Gasteiger partial charge in [0.05, 0.1) is 5.60 Å². The number of ether oxygens (including phenoxy) is 3. The number of carbonyl (C=O) groups excluding carboxylic acids is 1. The number of carbonyl (C=O) groups is 1. The number of halogens is 1. The van der Waals surface area contributed by atoms with Crippen molar-refractivity contribution in [1.29, 1.82) is 0 Å². The average Bonchev–Trinajstić information content (AvgIpc) is 2.88. The smallest absolute Gasteiger partial charge is 0.254 e. The molecule has 40 heavy (non-hydrogen) atoms. The summed E-state index contributed by atoms with van der Waals surface area (Å²) < 4.78 is 33.0. The molecule has 0 saturated carbocycles. The van der Waals surface area contributed by atoms with E-state index in [-0.39, 0.29) is 35.9 Å². The predicted molar refractivity (Wildman–Crippen MR) is 148 cm³/mol. The van der Waals surface area contributed by atoms with Gasteiger partial charge in [0.1, 0.15) is 30.0 Å². The van der Waals surface area contributed by atoms with Gasteiger partial charge in [-0.3, -0.25) is 9.59 Å². The molecule has 9 nitrogen and oxygen atoms in total. The van der Waals surface area contributed by atoms with E-state index in [2.05, 4.69) is 4.98 Å². The van der Waals surface area contributed by atoms with Crippen molar-refractivity contribution in [3.8, 4) is 28.5 Å². The summed E-state index contributed by atoms with van der Waals surface area (Å²) in [5.41, 5.74) is 1.32. The molecule has 0 aliphatic carbocycles. The molecule has 1 amide bonds. The molecule has 0 atom stereocenters. The van der Waals surface area contributed by atoms with E-state index in [1.165, 1.54) is 36.1 Å². The number of likely N-dealkylation sites (tertiary alicyclic amines) is 1. The standard InChI is InChI=1S/C30H36FN3O6/c1-18-11-21(31)12-19(2)28(18)40-29-23(13-20(15-32-29)30(3,4)37)24-16-33(5)26(35)14-25(24)39-22-7-9-34(10-8-22)27(36)17-38-6/h11-16,22,37H,7-10,17H2,1-6H3. The minimum absolute atomic E-state index is 0.0325. The minimum atomic E-state index is -1.20. The van der Waals surface area contributed by atoms with Crippen molar-refractivity contribution in [3.05, 3.63) is 69.5 Å². The third-order valence-electron chi connectivity index (χ3n) is 7.02. The second kappa shape index (κ2) is 11.8. The lowest BCUT2D eigenvalue weighted by atomic mass is 9.96. The van der Waals surface area contributed by atoms with Gasteiger partial charge in [-0.25, -0.2) is 9.37 Å². The molecular formula is C30H36FN3O6. The molecule has 1 N–H and O–H groups in total. The van der Waals surface area contributed by atoms with Crippen LogP contribution in [0.5, 0.6) is 17.4 Å². The fraction of sp³-hybridized carbons (Fsp3) is 0.433. The molecule has 2 aromatic heterocycles. The van der Waals surface area contributed by atoms with Crippen LogP contribution in [0.2, 0.25) is 0 Å². The van der Waals surface area contributed by atoms with Crippen molar-refractivity contribution in [3.63, 3.8) is 0 Å². The van der Waals surface area contributed by atoms with Crippen LogP contribution in [0.4, 0.5) is 4.39 Å². The molecule has 1 fully saturated rings. The number of benzene rings is 1. The van der Waals surface area contributed by atoms with E-state index in [1.807, 2.05) is 0 Å². The van der Waals surface area contributed by atoms with Crippen molar-refractivity contribution in [2.24, 2.45) is 7.05 Å². The summed E-state index contributed by atoms with van der Waals surface area (Å²) in [5, 5.41) is 10.7. The number of rotatable bonds is 8. The summed E-state index contributed by atoms with van der Waals surface area (Å²) in [6.07, 6.45) is 4.13. The van der Waals surface area contributed by atoms with Gasteiger partial charge in [0.2, 0.25) is 11.8 Å². The molecule has 0 radical (unpaired) electrons. The van der Waals surface area contributed by atoms with Crippen molar-refractivity contribution in [2.75, 3.05) is 26.8 Å². The van der Waals surface area contributed by atoms with Gasteiger partial charge in [-0.2, -0.15) is 0 Å². The van der Waals surface area contributed by atoms with Crippen LogP contribution in [0.25, 0.3) is 11.1 Å². The highest BCUT2D eigenvalue weighted by Crippen LogP contribution is 2.40. The van der Waals surface area contributed by atoms with E-state index >= 15 is 0 Å². The summed E-state index contributed by atoms with van der Waals surface area (Å²) in [4.78, 5) is 31.2. The largest absolute Gasteiger partial charge is 0.489 e. The Hall–Kier alpha value is -3.76. The number of hydrogen-bond acceptors (Lipinski definition) is 7. The van der Waals surface area contributed by atoms with Gasteiger partial charge in [0.15, 0.2) is 0 Å². The molecular weight excluding hydrogens is 517 g/mol. The number of piperidine rings is 1. The van der Waals surface area contributed by atoms with Crippen LogP contribution in [-0.2, 0) is 22.2 Å². The van der Waals surface area contributed by atoms with E-state index in [1.54, 1.807) is 51.9 Å². The Morgan fingerprint density at radius 1 is 1.12 bits per heavy atom. The Kier molecular flexibility index (Phi) is 8.60. The Balaban J connectivity index is 1.75. The molecule has 0 bridgehead atoms. The Morgan fingerprint density at radius 2 is 1.77 bits per heavy atom. The van der Waals surface area contributed by atoms with E-state index in [0.717, 1.165) is 0 Å². The predicted octanol–water partition coefficient (Wildman–Crippen LogP) is 4.24. The van der Waals surface area contributed by atoms with Crippen LogP contribution in [0.1, 0.15) is 43.4 Å². The second-order valence-corrected chi connectivity index (χ2v) is 10.7. The average molecular weight is 554 g/mol. The third-order valence-corrected chi connectivity index (χ3v) is 7.02. The van der Waals surface area contributed by atoms with Crippen molar-refractivity contribution < 1.29 is 28.5 Å². The van der Waals surface area contributed by atoms with Crippen molar-refractivity contribution in [2.45, 2.75) is 52.2 Å². The second-order valence-electron chi connectivity index (χ2n) is 10.7. The lowest BCUT2D eigenvalue weighted by Gasteiger charge is -2.32. The Bertz CT molecular complexity index is 1430. The Labute approximate surface area is 233 Å². The minimum Gasteiger partial charge on any atom is -0.489 e. The molecule has 214 valence electrons. The van der Waals surface area contributed by atoms with E-state index in [4.69, 9.17) is 14.2 Å². The third kappa shape index (κ3) is 6.51. The quantitative estimate of drug-likeness (QED) is 0.445.